The smallest absolute Gasteiger partial charge is 0.416 e. The van der Waals surface area contributed by atoms with Crippen LogP contribution in [0.15, 0.2) is 60.6 Å². The topological polar surface area (TPSA) is 112 Å². The summed E-state index contributed by atoms with van der Waals surface area (Å²) in [6, 6.07) is 8.99. The van der Waals surface area contributed by atoms with Gasteiger partial charge in [-0.25, -0.2) is 20.3 Å². The van der Waals surface area contributed by atoms with E-state index >= 15 is 0 Å². The van der Waals surface area contributed by atoms with Gasteiger partial charge in [-0.05, 0) is 37.3 Å². The van der Waals surface area contributed by atoms with Gasteiger partial charge in [0.15, 0.2) is 17.3 Å². The number of hydrogen-bond donors (Lipinski definition) is 2. The molecule has 1 heterocycles. The Labute approximate surface area is 194 Å². The second kappa shape index (κ2) is 9.66. The van der Waals surface area contributed by atoms with E-state index in [1.807, 2.05) is 0 Å². The van der Waals surface area contributed by atoms with Gasteiger partial charge < -0.3 is 10.5 Å². The van der Waals surface area contributed by atoms with E-state index in [1.165, 1.54) is 6.92 Å². The molecule has 8 nitrogen and oxygen atoms in total. The number of alkyl halides is 6. The third-order valence-corrected chi connectivity index (χ3v) is 4.55. The maximum absolute atomic E-state index is 13.2. The summed E-state index contributed by atoms with van der Waals surface area (Å²) in [5, 5.41) is 4.88. The van der Waals surface area contributed by atoms with Gasteiger partial charge in [-0.3, -0.25) is 5.01 Å². The fourth-order valence-electron chi connectivity index (χ4n) is 2.96. The fourth-order valence-corrected chi connectivity index (χ4v) is 2.96. The van der Waals surface area contributed by atoms with Crippen LogP contribution >= 0.6 is 0 Å². The number of esters is 1. The lowest BCUT2D eigenvalue weighted by atomic mass is 10.0. The Morgan fingerprint density at radius 3 is 2.11 bits per heavy atom. The van der Waals surface area contributed by atoms with Crippen LogP contribution in [-0.2, 0) is 21.9 Å². The summed E-state index contributed by atoms with van der Waals surface area (Å²) >= 11 is 0. The number of anilines is 1. The van der Waals surface area contributed by atoms with Gasteiger partial charge in [0.05, 0.1) is 23.4 Å². The van der Waals surface area contributed by atoms with E-state index in [9.17, 15) is 31.1 Å². The molecule has 14 heteroatoms. The zero-order valence-corrected chi connectivity index (χ0v) is 17.9. The SMILES string of the molecule is CCOC(=O)/C(N)=C(/N(N)c1ccccc1)n1cnc(-c2cc(C(F)(F)F)cc(C(F)(F)F)c2)n1. The number of aromatic nitrogens is 3. The van der Waals surface area contributed by atoms with E-state index in [1.54, 1.807) is 30.3 Å². The molecule has 3 aromatic rings. The van der Waals surface area contributed by atoms with Crippen molar-refractivity contribution >= 4 is 17.5 Å². The third kappa shape index (κ3) is 5.71. The van der Waals surface area contributed by atoms with Crippen LogP contribution in [0.5, 0.6) is 0 Å². The van der Waals surface area contributed by atoms with E-state index in [2.05, 4.69) is 10.1 Å². The molecule has 35 heavy (non-hydrogen) atoms. The standard InChI is InChI=1S/C21H18F6N6O2/c1-2-35-19(34)16(28)18(33(29)15-6-4-3-5-7-15)32-11-30-17(31-32)12-8-13(20(22,23)24)10-14(9-12)21(25,26)27/h3-11H,2,28-29H2,1H3/b18-16-. The van der Waals surface area contributed by atoms with Crippen LogP contribution in [0.4, 0.5) is 32.0 Å². The highest BCUT2D eigenvalue weighted by Crippen LogP contribution is 2.38. The number of ether oxygens (including phenoxy) is 1. The number of carbonyl (C=O) groups excluding carboxylic acids is 1. The van der Waals surface area contributed by atoms with Crippen molar-refractivity contribution < 1.29 is 35.9 Å². The first kappa shape index (κ1) is 25.6. The minimum absolute atomic E-state index is 0.0123. The summed E-state index contributed by atoms with van der Waals surface area (Å²) in [7, 11) is 0. The summed E-state index contributed by atoms with van der Waals surface area (Å²) in [6.07, 6.45) is -9.17. The maximum Gasteiger partial charge on any atom is 0.416 e. The van der Waals surface area contributed by atoms with Crippen molar-refractivity contribution in [2.75, 3.05) is 11.6 Å². The third-order valence-electron chi connectivity index (χ3n) is 4.55. The average molecular weight is 500 g/mol. The molecular weight excluding hydrogens is 482 g/mol. The highest BCUT2D eigenvalue weighted by Gasteiger charge is 2.37. The Morgan fingerprint density at radius 1 is 1.03 bits per heavy atom. The van der Waals surface area contributed by atoms with E-state index < -0.39 is 46.5 Å². The number of para-hydroxylation sites is 1. The van der Waals surface area contributed by atoms with Crippen LogP contribution in [0.1, 0.15) is 18.1 Å². The van der Waals surface area contributed by atoms with Gasteiger partial charge in [-0.15, -0.1) is 5.10 Å². The number of nitrogens with zero attached hydrogens (tertiary/aromatic N) is 4. The Hall–Kier alpha value is -4.07. The minimum atomic E-state index is -5.06. The van der Waals surface area contributed by atoms with Crippen molar-refractivity contribution in [3.05, 3.63) is 71.7 Å². The predicted octanol–water partition coefficient (Wildman–Crippen LogP) is 4.01. The second-order valence-corrected chi connectivity index (χ2v) is 6.97. The largest absolute Gasteiger partial charge is 0.461 e. The van der Waals surface area contributed by atoms with E-state index in [-0.39, 0.29) is 18.5 Å². The van der Waals surface area contributed by atoms with Gasteiger partial charge in [0.1, 0.15) is 6.33 Å². The number of halogens is 6. The molecule has 0 amide bonds. The van der Waals surface area contributed by atoms with E-state index in [0.29, 0.717) is 17.8 Å². The molecule has 0 atom stereocenters. The fraction of sp³-hybridized carbons (Fsp3) is 0.190. The zero-order valence-electron chi connectivity index (χ0n) is 17.9. The number of benzene rings is 2. The molecule has 0 aliphatic carbocycles. The number of nitrogens with two attached hydrogens (primary N) is 2. The Balaban J connectivity index is 2.16. The molecule has 0 bridgehead atoms. The molecular formula is C21H18F6N6O2. The highest BCUT2D eigenvalue weighted by atomic mass is 19.4. The minimum Gasteiger partial charge on any atom is -0.461 e. The molecule has 0 aliphatic heterocycles. The number of rotatable bonds is 6. The number of hydrazine groups is 1. The van der Waals surface area contributed by atoms with Gasteiger partial charge in [-0.2, -0.15) is 26.3 Å². The first-order chi connectivity index (χ1) is 16.3. The normalized spacial score (nSPS) is 12.8. The van der Waals surface area contributed by atoms with E-state index in [0.717, 1.165) is 16.0 Å². The lowest BCUT2D eigenvalue weighted by molar-refractivity contribution is -0.143. The quantitative estimate of drug-likeness (QED) is 0.173. The Bertz CT molecular complexity index is 1200. The molecule has 2 aromatic carbocycles. The van der Waals surface area contributed by atoms with Crippen LogP contribution in [0, 0.1) is 0 Å². The first-order valence-corrected chi connectivity index (χ1v) is 9.81. The van der Waals surface area contributed by atoms with Crippen molar-refractivity contribution in [1.29, 1.82) is 0 Å². The summed E-state index contributed by atoms with van der Waals surface area (Å²) in [5.74, 6) is 4.34. The van der Waals surface area contributed by atoms with Gasteiger partial charge in [-0.1, -0.05) is 18.2 Å². The molecule has 0 saturated carbocycles. The van der Waals surface area contributed by atoms with Crippen LogP contribution in [0.25, 0.3) is 17.2 Å². The summed E-state index contributed by atoms with van der Waals surface area (Å²) in [6.45, 7) is 1.50. The lowest BCUT2D eigenvalue weighted by Crippen LogP contribution is -2.36. The van der Waals surface area contributed by atoms with Gasteiger partial charge in [0.25, 0.3) is 0 Å². The van der Waals surface area contributed by atoms with Crippen molar-refractivity contribution in [3.63, 3.8) is 0 Å². The molecule has 3 rings (SSSR count). The summed E-state index contributed by atoms with van der Waals surface area (Å²) in [4.78, 5) is 16.1. The van der Waals surface area contributed by atoms with Crippen LogP contribution < -0.4 is 16.6 Å². The number of carbonyl (C=O) groups is 1. The Kier molecular flexibility index (Phi) is 7.05. The molecule has 0 spiro atoms. The molecule has 0 saturated heterocycles. The average Bonchev–Trinajstić information content (AvgIpc) is 3.28. The molecule has 1 aromatic heterocycles. The first-order valence-electron chi connectivity index (χ1n) is 9.81. The van der Waals surface area contributed by atoms with Crippen molar-refractivity contribution in [1.82, 2.24) is 14.8 Å². The monoisotopic (exact) mass is 500 g/mol. The molecule has 186 valence electrons. The van der Waals surface area contributed by atoms with Crippen molar-refractivity contribution in [2.45, 2.75) is 19.3 Å². The van der Waals surface area contributed by atoms with Crippen LogP contribution in [-0.4, -0.2) is 27.3 Å². The van der Waals surface area contributed by atoms with Crippen LogP contribution in [0.3, 0.4) is 0 Å². The number of hydrogen-bond acceptors (Lipinski definition) is 7. The van der Waals surface area contributed by atoms with Crippen LogP contribution in [0.2, 0.25) is 0 Å². The predicted molar refractivity (Wildman–Crippen MR) is 113 cm³/mol. The van der Waals surface area contributed by atoms with Gasteiger partial charge >= 0.3 is 18.3 Å². The molecule has 4 N–H and O–H groups in total. The van der Waals surface area contributed by atoms with Gasteiger partial charge in [0.2, 0.25) is 0 Å². The zero-order chi connectivity index (χ0) is 26.0. The van der Waals surface area contributed by atoms with Crippen molar-refractivity contribution in [3.8, 4) is 11.4 Å². The second-order valence-electron chi connectivity index (χ2n) is 6.97. The maximum atomic E-state index is 13.2. The van der Waals surface area contributed by atoms with E-state index in [4.69, 9.17) is 16.3 Å². The molecule has 0 unspecified atom stereocenters. The summed E-state index contributed by atoms with van der Waals surface area (Å²) < 4.78 is 85.1. The molecule has 0 aliphatic rings. The Morgan fingerprint density at radius 2 is 1.60 bits per heavy atom. The summed E-state index contributed by atoms with van der Waals surface area (Å²) in [5.41, 5.74) is 2.08. The lowest BCUT2D eigenvalue weighted by Gasteiger charge is -2.23. The van der Waals surface area contributed by atoms with Crippen molar-refractivity contribution in [2.24, 2.45) is 11.6 Å². The molecule has 0 radical (unpaired) electrons. The highest BCUT2D eigenvalue weighted by molar-refractivity contribution is 5.95. The van der Waals surface area contributed by atoms with Gasteiger partial charge in [0, 0.05) is 5.56 Å². The molecule has 0 fully saturated rings.